The molecule has 1 aliphatic rings. The Labute approximate surface area is 148 Å². The Morgan fingerprint density at radius 2 is 1.68 bits per heavy atom. The molecule has 0 amide bonds. The van der Waals surface area contributed by atoms with Crippen LogP contribution < -0.4 is 5.56 Å². The van der Waals surface area contributed by atoms with E-state index in [1.807, 2.05) is 12.3 Å². The van der Waals surface area contributed by atoms with Crippen LogP contribution in [0.15, 0.2) is 53.5 Å². The molecule has 2 nitrogen and oxygen atoms in total. The van der Waals surface area contributed by atoms with Gasteiger partial charge in [-0.2, -0.15) is 0 Å². The molecule has 0 bridgehead atoms. The van der Waals surface area contributed by atoms with E-state index in [-0.39, 0.29) is 5.56 Å². The minimum absolute atomic E-state index is 0.0257. The van der Waals surface area contributed by atoms with Crippen LogP contribution in [0.5, 0.6) is 0 Å². The minimum Gasteiger partial charge on any atom is -0.319 e. The van der Waals surface area contributed by atoms with E-state index >= 15 is 0 Å². The van der Waals surface area contributed by atoms with Crippen LogP contribution in [0.4, 0.5) is 0 Å². The monoisotopic (exact) mass is 329 g/mol. The molecule has 0 atom stereocenters. The minimum atomic E-state index is 0.0257. The molecule has 2 aromatic carbocycles. The van der Waals surface area contributed by atoms with E-state index in [1.165, 1.54) is 52.6 Å². The van der Waals surface area contributed by atoms with Crippen molar-refractivity contribution in [3.05, 3.63) is 81.3 Å². The van der Waals surface area contributed by atoms with Gasteiger partial charge in [0.05, 0.1) is 0 Å². The van der Waals surface area contributed by atoms with Crippen molar-refractivity contribution in [2.75, 3.05) is 0 Å². The number of aromatic nitrogens is 1. The van der Waals surface area contributed by atoms with Crippen molar-refractivity contribution in [2.45, 2.75) is 33.1 Å². The first-order valence-electron chi connectivity index (χ1n) is 8.94. The van der Waals surface area contributed by atoms with E-state index in [0.717, 1.165) is 11.1 Å². The fourth-order valence-electron chi connectivity index (χ4n) is 4.14. The number of nitrogens with zero attached hydrogens (tertiary/aromatic N) is 1. The van der Waals surface area contributed by atoms with Crippen LogP contribution in [0.1, 0.15) is 28.7 Å². The van der Waals surface area contributed by atoms with Crippen molar-refractivity contribution >= 4 is 0 Å². The summed E-state index contributed by atoms with van der Waals surface area (Å²) in [7, 11) is 1.78. The molecule has 126 valence electrons. The summed E-state index contributed by atoms with van der Waals surface area (Å²) in [5, 5.41) is 0. The second-order valence-corrected chi connectivity index (χ2v) is 7.15. The molecular formula is C23H23NO. The zero-order valence-electron chi connectivity index (χ0n) is 15.1. The topological polar surface area (TPSA) is 22.0 Å². The third kappa shape index (κ3) is 2.72. The Kier molecular flexibility index (Phi) is 3.84. The van der Waals surface area contributed by atoms with Gasteiger partial charge < -0.3 is 4.57 Å². The zero-order chi connectivity index (χ0) is 17.6. The van der Waals surface area contributed by atoms with Crippen LogP contribution in [-0.2, 0) is 19.9 Å². The van der Waals surface area contributed by atoms with Crippen molar-refractivity contribution in [3.8, 4) is 22.3 Å². The summed E-state index contributed by atoms with van der Waals surface area (Å²) in [5.74, 6) is 0. The fourth-order valence-corrected chi connectivity index (χ4v) is 4.14. The lowest BCUT2D eigenvalue weighted by atomic mass is 9.88. The Balaban J connectivity index is 1.86. The van der Waals surface area contributed by atoms with Crippen molar-refractivity contribution < 1.29 is 0 Å². The molecule has 0 saturated carbocycles. The molecule has 0 N–H and O–H groups in total. The molecule has 0 spiro atoms. The molecule has 1 heterocycles. The van der Waals surface area contributed by atoms with Gasteiger partial charge in [0.1, 0.15) is 0 Å². The average molecular weight is 329 g/mol. The highest BCUT2D eigenvalue weighted by molar-refractivity contribution is 5.79. The number of fused-ring (bicyclic) bond motifs is 1. The SMILES string of the molecule is Cc1cc(-c2ccn(C)c(=O)c2)cc(C)c1-c1cccc2c1CCC2. The van der Waals surface area contributed by atoms with Crippen molar-refractivity contribution in [2.24, 2.45) is 7.05 Å². The number of hydrogen-bond donors (Lipinski definition) is 0. The first-order chi connectivity index (χ1) is 12.0. The summed E-state index contributed by atoms with van der Waals surface area (Å²) >= 11 is 0. The van der Waals surface area contributed by atoms with Gasteiger partial charge in [0, 0.05) is 19.3 Å². The third-order valence-corrected chi connectivity index (χ3v) is 5.39. The molecule has 0 radical (unpaired) electrons. The normalized spacial score (nSPS) is 13.1. The number of benzene rings is 2. The molecule has 3 aromatic rings. The Bertz CT molecular complexity index is 1000. The predicted octanol–water partition coefficient (Wildman–Crippen LogP) is 4.82. The smallest absolute Gasteiger partial charge is 0.250 e. The van der Waals surface area contributed by atoms with Gasteiger partial charge in [-0.1, -0.05) is 30.3 Å². The molecule has 0 saturated heterocycles. The van der Waals surface area contributed by atoms with Gasteiger partial charge in [0.2, 0.25) is 0 Å². The van der Waals surface area contributed by atoms with Gasteiger partial charge in [-0.05, 0) is 83.7 Å². The van der Waals surface area contributed by atoms with Gasteiger partial charge in [-0.3, -0.25) is 4.79 Å². The van der Waals surface area contributed by atoms with E-state index < -0.39 is 0 Å². The van der Waals surface area contributed by atoms with Crippen molar-refractivity contribution in [3.63, 3.8) is 0 Å². The Morgan fingerprint density at radius 1 is 0.920 bits per heavy atom. The predicted molar refractivity (Wildman–Crippen MR) is 104 cm³/mol. The average Bonchev–Trinajstić information content (AvgIpc) is 3.06. The summed E-state index contributed by atoms with van der Waals surface area (Å²) in [6, 6.07) is 14.9. The summed E-state index contributed by atoms with van der Waals surface area (Å²) in [4.78, 5) is 12.0. The highest BCUT2D eigenvalue weighted by Crippen LogP contribution is 2.37. The molecule has 2 heteroatoms. The van der Waals surface area contributed by atoms with Crippen LogP contribution in [0.3, 0.4) is 0 Å². The number of pyridine rings is 1. The maximum atomic E-state index is 12.0. The van der Waals surface area contributed by atoms with Crippen molar-refractivity contribution in [1.82, 2.24) is 4.57 Å². The highest BCUT2D eigenvalue weighted by atomic mass is 16.1. The molecule has 0 fully saturated rings. The first-order valence-corrected chi connectivity index (χ1v) is 8.94. The lowest BCUT2D eigenvalue weighted by Crippen LogP contribution is -2.14. The van der Waals surface area contributed by atoms with E-state index in [9.17, 15) is 4.79 Å². The molecule has 0 unspecified atom stereocenters. The quantitative estimate of drug-likeness (QED) is 0.660. The third-order valence-electron chi connectivity index (χ3n) is 5.39. The summed E-state index contributed by atoms with van der Waals surface area (Å²) < 4.78 is 1.60. The lowest BCUT2D eigenvalue weighted by Gasteiger charge is -2.16. The van der Waals surface area contributed by atoms with Gasteiger partial charge in [0.15, 0.2) is 0 Å². The zero-order valence-corrected chi connectivity index (χ0v) is 15.1. The second kappa shape index (κ2) is 6.03. The Hall–Kier alpha value is -2.61. The van der Waals surface area contributed by atoms with Gasteiger partial charge in [-0.25, -0.2) is 0 Å². The van der Waals surface area contributed by atoms with Gasteiger partial charge in [0.25, 0.3) is 5.56 Å². The molecule has 1 aromatic heterocycles. The largest absolute Gasteiger partial charge is 0.319 e. The van der Waals surface area contributed by atoms with Crippen LogP contribution >= 0.6 is 0 Å². The molecule has 25 heavy (non-hydrogen) atoms. The van der Waals surface area contributed by atoms with Crippen LogP contribution in [0.2, 0.25) is 0 Å². The molecule has 1 aliphatic carbocycles. The molecule has 0 aliphatic heterocycles. The summed E-state index contributed by atoms with van der Waals surface area (Å²) in [6.45, 7) is 4.36. The van der Waals surface area contributed by atoms with Crippen molar-refractivity contribution in [1.29, 1.82) is 0 Å². The van der Waals surface area contributed by atoms with E-state index in [2.05, 4.69) is 44.2 Å². The van der Waals surface area contributed by atoms with E-state index in [4.69, 9.17) is 0 Å². The van der Waals surface area contributed by atoms with Gasteiger partial charge >= 0.3 is 0 Å². The fraction of sp³-hybridized carbons (Fsp3) is 0.261. The van der Waals surface area contributed by atoms with Crippen LogP contribution in [-0.4, -0.2) is 4.57 Å². The summed E-state index contributed by atoms with van der Waals surface area (Å²) in [6.07, 6.45) is 5.48. The molecule has 4 rings (SSSR count). The van der Waals surface area contributed by atoms with Crippen LogP contribution in [0, 0.1) is 13.8 Å². The Morgan fingerprint density at radius 3 is 2.40 bits per heavy atom. The first kappa shape index (κ1) is 15.9. The standard InChI is InChI=1S/C23H23NO/c1-15-12-19(18-10-11-24(3)22(25)14-18)13-16(2)23(15)21-9-5-7-17-6-4-8-20(17)21/h5,7,9-14H,4,6,8H2,1-3H3. The maximum Gasteiger partial charge on any atom is 0.250 e. The number of hydrogen-bond acceptors (Lipinski definition) is 1. The number of rotatable bonds is 2. The van der Waals surface area contributed by atoms with Crippen LogP contribution in [0.25, 0.3) is 22.3 Å². The van der Waals surface area contributed by atoms with E-state index in [1.54, 1.807) is 17.7 Å². The highest BCUT2D eigenvalue weighted by Gasteiger charge is 2.18. The maximum absolute atomic E-state index is 12.0. The second-order valence-electron chi connectivity index (χ2n) is 7.15. The summed E-state index contributed by atoms with van der Waals surface area (Å²) in [5.41, 5.74) is 10.4. The van der Waals surface area contributed by atoms with Gasteiger partial charge in [-0.15, -0.1) is 0 Å². The number of aryl methyl sites for hydroxylation is 4. The molecular weight excluding hydrogens is 306 g/mol. The van der Waals surface area contributed by atoms with E-state index in [0.29, 0.717) is 0 Å². The lowest BCUT2D eigenvalue weighted by molar-refractivity contribution is 0.861.